The first kappa shape index (κ1) is 13.9. The zero-order valence-corrected chi connectivity index (χ0v) is 12.3. The van der Waals surface area contributed by atoms with Crippen LogP contribution in [0.5, 0.6) is 0 Å². The third kappa shape index (κ3) is 3.08. The molecule has 0 aliphatic heterocycles. The fourth-order valence-electron chi connectivity index (χ4n) is 2.13. The average molecular weight is 273 g/mol. The van der Waals surface area contributed by atoms with E-state index in [0.29, 0.717) is 5.82 Å². The van der Waals surface area contributed by atoms with Crippen LogP contribution in [0, 0.1) is 6.92 Å². The summed E-state index contributed by atoms with van der Waals surface area (Å²) in [5.74, 6) is 0.582. The van der Waals surface area contributed by atoms with Gasteiger partial charge in [-0.1, -0.05) is 12.1 Å². The van der Waals surface area contributed by atoms with Crippen molar-refractivity contribution < 1.29 is 0 Å². The van der Waals surface area contributed by atoms with Gasteiger partial charge in [-0.25, -0.2) is 4.98 Å². The lowest BCUT2D eigenvalue weighted by atomic mass is 9.98. The van der Waals surface area contributed by atoms with Gasteiger partial charge >= 0.3 is 0 Å². The first-order valence-corrected chi connectivity index (χ1v) is 7.41. The maximum Gasteiger partial charge on any atom is 0.128 e. The highest BCUT2D eigenvalue weighted by Crippen LogP contribution is 2.27. The molecule has 3 nitrogen and oxygen atoms in total. The van der Waals surface area contributed by atoms with Crippen LogP contribution < -0.4 is 11.1 Å². The molecule has 2 rings (SSSR count). The van der Waals surface area contributed by atoms with Crippen LogP contribution in [0.4, 0.5) is 5.82 Å². The first-order chi connectivity index (χ1) is 9.15. The molecule has 0 fully saturated rings. The van der Waals surface area contributed by atoms with Crippen molar-refractivity contribution in [1.82, 2.24) is 10.3 Å². The number of thioether (sulfide) groups is 1. The summed E-state index contributed by atoms with van der Waals surface area (Å²) in [7, 11) is 1.94. The van der Waals surface area contributed by atoms with Gasteiger partial charge in [-0.2, -0.15) is 0 Å². The Hall–Kier alpha value is -1.52. The molecule has 2 aromatic rings. The van der Waals surface area contributed by atoms with E-state index in [2.05, 4.69) is 46.9 Å². The lowest BCUT2D eigenvalue weighted by Gasteiger charge is -2.19. The lowest BCUT2D eigenvalue weighted by molar-refractivity contribution is 0.690. The van der Waals surface area contributed by atoms with Crippen molar-refractivity contribution in [3.63, 3.8) is 0 Å². The van der Waals surface area contributed by atoms with Crippen LogP contribution in [0.1, 0.15) is 22.7 Å². The van der Waals surface area contributed by atoms with Gasteiger partial charge in [0.25, 0.3) is 0 Å². The second-order valence-corrected chi connectivity index (χ2v) is 5.36. The van der Waals surface area contributed by atoms with Crippen molar-refractivity contribution in [2.24, 2.45) is 0 Å². The van der Waals surface area contributed by atoms with E-state index in [1.165, 1.54) is 10.5 Å². The molecular formula is C15H19N3S. The number of nitrogens with zero attached hydrogens (tertiary/aromatic N) is 1. The van der Waals surface area contributed by atoms with Gasteiger partial charge in [-0.05, 0) is 49.6 Å². The van der Waals surface area contributed by atoms with E-state index in [4.69, 9.17) is 5.73 Å². The van der Waals surface area contributed by atoms with E-state index < -0.39 is 0 Å². The molecule has 1 atom stereocenters. The molecule has 3 N–H and O–H groups in total. The molecule has 0 amide bonds. The number of pyridine rings is 1. The Morgan fingerprint density at radius 2 is 1.95 bits per heavy atom. The molecule has 100 valence electrons. The monoisotopic (exact) mass is 273 g/mol. The van der Waals surface area contributed by atoms with Crippen LogP contribution in [0.15, 0.2) is 41.4 Å². The summed E-state index contributed by atoms with van der Waals surface area (Å²) in [6.45, 7) is 2.03. The maximum atomic E-state index is 6.00. The van der Waals surface area contributed by atoms with Crippen LogP contribution in [-0.4, -0.2) is 18.3 Å². The number of benzene rings is 1. The zero-order chi connectivity index (χ0) is 13.8. The van der Waals surface area contributed by atoms with Crippen molar-refractivity contribution in [1.29, 1.82) is 0 Å². The minimum absolute atomic E-state index is 0.0725. The normalized spacial score (nSPS) is 12.4. The van der Waals surface area contributed by atoms with Crippen LogP contribution in [0.2, 0.25) is 0 Å². The van der Waals surface area contributed by atoms with Crippen molar-refractivity contribution in [2.75, 3.05) is 19.0 Å². The van der Waals surface area contributed by atoms with E-state index >= 15 is 0 Å². The molecule has 1 unspecified atom stereocenters. The predicted octanol–water partition coefficient (Wildman–Crippen LogP) is 3.00. The Balaban J connectivity index is 2.40. The number of aryl methyl sites for hydroxylation is 1. The van der Waals surface area contributed by atoms with Crippen molar-refractivity contribution >= 4 is 17.6 Å². The van der Waals surface area contributed by atoms with Crippen molar-refractivity contribution in [3.8, 4) is 0 Å². The summed E-state index contributed by atoms with van der Waals surface area (Å²) in [6, 6.07) is 10.7. The van der Waals surface area contributed by atoms with Crippen molar-refractivity contribution in [2.45, 2.75) is 17.9 Å². The van der Waals surface area contributed by atoms with Gasteiger partial charge in [-0.3, -0.25) is 0 Å². The van der Waals surface area contributed by atoms with Gasteiger partial charge in [-0.15, -0.1) is 11.8 Å². The maximum absolute atomic E-state index is 6.00. The van der Waals surface area contributed by atoms with Gasteiger partial charge in [0.05, 0.1) is 6.04 Å². The molecule has 1 heterocycles. The Labute approximate surface area is 118 Å². The van der Waals surface area contributed by atoms with Crippen LogP contribution in [0.25, 0.3) is 0 Å². The highest BCUT2D eigenvalue weighted by Gasteiger charge is 2.15. The minimum atomic E-state index is 0.0725. The molecule has 1 aromatic heterocycles. The lowest BCUT2D eigenvalue weighted by Crippen LogP contribution is -2.19. The molecule has 0 aliphatic rings. The van der Waals surface area contributed by atoms with Gasteiger partial charge in [0.15, 0.2) is 0 Å². The molecule has 0 aliphatic carbocycles. The number of nitrogen functional groups attached to an aromatic ring is 1. The van der Waals surface area contributed by atoms with Gasteiger partial charge in [0.2, 0.25) is 0 Å². The third-order valence-corrected chi connectivity index (χ3v) is 3.88. The summed E-state index contributed by atoms with van der Waals surface area (Å²) in [5.41, 5.74) is 9.34. The zero-order valence-electron chi connectivity index (χ0n) is 11.5. The molecule has 0 saturated heterocycles. The van der Waals surface area contributed by atoms with Gasteiger partial charge in [0, 0.05) is 16.7 Å². The predicted molar refractivity (Wildman–Crippen MR) is 82.5 cm³/mol. The van der Waals surface area contributed by atoms with Crippen LogP contribution >= 0.6 is 11.8 Å². The first-order valence-electron chi connectivity index (χ1n) is 6.19. The fourth-order valence-corrected chi connectivity index (χ4v) is 2.54. The Morgan fingerprint density at radius 1 is 1.26 bits per heavy atom. The van der Waals surface area contributed by atoms with E-state index in [1.807, 2.05) is 14.0 Å². The smallest absolute Gasteiger partial charge is 0.128 e. The molecule has 1 aromatic carbocycles. The Kier molecular flexibility index (Phi) is 4.45. The third-order valence-electron chi connectivity index (χ3n) is 3.14. The molecule has 0 saturated carbocycles. The van der Waals surface area contributed by atoms with E-state index in [0.717, 1.165) is 11.1 Å². The van der Waals surface area contributed by atoms with E-state index in [-0.39, 0.29) is 6.04 Å². The molecular weight excluding hydrogens is 254 g/mol. The number of aromatic nitrogens is 1. The molecule has 19 heavy (non-hydrogen) atoms. The van der Waals surface area contributed by atoms with Crippen molar-refractivity contribution in [3.05, 3.63) is 53.2 Å². The fraction of sp³-hybridized carbons (Fsp3) is 0.267. The quantitative estimate of drug-likeness (QED) is 0.841. The van der Waals surface area contributed by atoms with Gasteiger partial charge in [0.1, 0.15) is 5.82 Å². The number of hydrogen-bond acceptors (Lipinski definition) is 4. The van der Waals surface area contributed by atoms with E-state index in [1.54, 1.807) is 18.0 Å². The summed E-state index contributed by atoms with van der Waals surface area (Å²) in [5, 5.41) is 3.31. The molecule has 0 spiro atoms. The summed E-state index contributed by atoms with van der Waals surface area (Å²) in [6.07, 6.45) is 3.87. The topological polar surface area (TPSA) is 50.9 Å². The summed E-state index contributed by atoms with van der Waals surface area (Å²) < 4.78 is 0. The van der Waals surface area contributed by atoms with Crippen LogP contribution in [0.3, 0.4) is 0 Å². The second kappa shape index (κ2) is 6.08. The highest BCUT2D eigenvalue weighted by molar-refractivity contribution is 7.98. The van der Waals surface area contributed by atoms with Gasteiger partial charge < -0.3 is 11.1 Å². The highest BCUT2D eigenvalue weighted by atomic mass is 32.2. The van der Waals surface area contributed by atoms with Crippen LogP contribution in [-0.2, 0) is 0 Å². The summed E-state index contributed by atoms with van der Waals surface area (Å²) >= 11 is 1.74. The number of hydrogen-bond donors (Lipinski definition) is 2. The molecule has 0 bridgehead atoms. The Bertz CT molecular complexity index is 552. The number of nitrogens with two attached hydrogens (primary N) is 1. The standard InChI is InChI=1S/C15H19N3S/c1-10-8-13(15(16)18-9-10)14(17-2)11-4-6-12(19-3)7-5-11/h4-9,14,17H,1-3H3,(H2,16,18). The number of nitrogens with one attached hydrogen (secondary N) is 1. The van der Waals surface area contributed by atoms with E-state index in [9.17, 15) is 0 Å². The minimum Gasteiger partial charge on any atom is -0.383 e. The molecule has 4 heteroatoms. The second-order valence-electron chi connectivity index (χ2n) is 4.48. The number of rotatable bonds is 4. The number of anilines is 1. The average Bonchev–Trinajstić information content (AvgIpc) is 2.44. The SMILES string of the molecule is CNC(c1ccc(SC)cc1)c1cc(C)cnc1N. The summed E-state index contributed by atoms with van der Waals surface area (Å²) in [4.78, 5) is 5.50. The molecule has 0 radical (unpaired) electrons. The Morgan fingerprint density at radius 3 is 2.53 bits per heavy atom. The largest absolute Gasteiger partial charge is 0.383 e.